The van der Waals surface area contributed by atoms with Gasteiger partial charge in [0, 0.05) is 6.92 Å². The lowest BCUT2D eigenvalue weighted by molar-refractivity contribution is -0.151. The summed E-state index contributed by atoms with van der Waals surface area (Å²) in [7, 11) is 0. The van der Waals surface area contributed by atoms with Crippen molar-refractivity contribution in [3.8, 4) is 0 Å². The Labute approximate surface area is 60.4 Å². The van der Waals surface area contributed by atoms with Gasteiger partial charge in [-0.05, 0) is 5.92 Å². The van der Waals surface area contributed by atoms with Gasteiger partial charge in [0.05, 0.1) is 0 Å². The highest BCUT2D eigenvalue weighted by Crippen LogP contribution is 2.03. The number of esters is 1. The lowest BCUT2D eigenvalue weighted by Crippen LogP contribution is -2.23. The molecule has 3 heteroatoms. The number of rotatable bonds is 3. The zero-order valence-corrected chi connectivity index (χ0v) is 6.46. The van der Waals surface area contributed by atoms with Gasteiger partial charge in [-0.15, -0.1) is 0 Å². The topological polar surface area (TPSA) is 43.4 Å². The number of aldehydes is 1. The second kappa shape index (κ2) is 4.04. The Hall–Kier alpha value is -0.860. The van der Waals surface area contributed by atoms with E-state index in [-0.39, 0.29) is 5.92 Å². The molecular weight excluding hydrogens is 132 g/mol. The molecule has 0 spiro atoms. The van der Waals surface area contributed by atoms with Crippen LogP contribution >= 0.6 is 0 Å². The van der Waals surface area contributed by atoms with Crippen LogP contribution in [0.1, 0.15) is 20.8 Å². The van der Waals surface area contributed by atoms with E-state index in [9.17, 15) is 9.59 Å². The molecule has 0 aliphatic rings. The maximum Gasteiger partial charge on any atom is 0.303 e. The first-order valence-electron chi connectivity index (χ1n) is 3.20. The third-order valence-corrected chi connectivity index (χ3v) is 1.09. The summed E-state index contributed by atoms with van der Waals surface area (Å²) in [6, 6.07) is 0. The van der Waals surface area contributed by atoms with Crippen LogP contribution in [0.5, 0.6) is 0 Å². The molecule has 0 heterocycles. The van der Waals surface area contributed by atoms with Crippen LogP contribution in [-0.2, 0) is 14.3 Å². The van der Waals surface area contributed by atoms with Crippen LogP contribution in [0.25, 0.3) is 0 Å². The van der Waals surface area contributed by atoms with Gasteiger partial charge >= 0.3 is 5.97 Å². The fraction of sp³-hybridized carbons (Fsp3) is 0.714. The van der Waals surface area contributed by atoms with Crippen LogP contribution in [0, 0.1) is 5.92 Å². The van der Waals surface area contributed by atoms with Gasteiger partial charge in [0.1, 0.15) is 0 Å². The van der Waals surface area contributed by atoms with Crippen molar-refractivity contribution in [3.63, 3.8) is 0 Å². The van der Waals surface area contributed by atoms with E-state index in [0.717, 1.165) is 0 Å². The zero-order valence-electron chi connectivity index (χ0n) is 6.46. The van der Waals surface area contributed by atoms with Crippen LogP contribution in [0.2, 0.25) is 0 Å². The summed E-state index contributed by atoms with van der Waals surface area (Å²) >= 11 is 0. The average molecular weight is 144 g/mol. The Morgan fingerprint density at radius 1 is 1.50 bits per heavy atom. The SMILES string of the molecule is CC(=O)OC(C=O)C(C)C. The van der Waals surface area contributed by atoms with E-state index in [4.69, 9.17) is 0 Å². The maximum absolute atomic E-state index is 10.3. The molecule has 0 aromatic heterocycles. The third kappa shape index (κ3) is 3.22. The summed E-state index contributed by atoms with van der Waals surface area (Å²) in [4.78, 5) is 20.5. The van der Waals surface area contributed by atoms with Gasteiger partial charge < -0.3 is 4.74 Å². The molecule has 0 aromatic rings. The smallest absolute Gasteiger partial charge is 0.303 e. The number of hydrogen-bond acceptors (Lipinski definition) is 3. The first-order chi connectivity index (χ1) is 4.57. The monoisotopic (exact) mass is 144 g/mol. The summed E-state index contributed by atoms with van der Waals surface area (Å²) in [5.74, 6) is -0.354. The molecule has 3 nitrogen and oxygen atoms in total. The van der Waals surface area contributed by atoms with Crippen molar-refractivity contribution in [1.82, 2.24) is 0 Å². The molecule has 0 rings (SSSR count). The van der Waals surface area contributed by atoms with Crippen LogP contribution in [0.4, 0.5) is 0 Å². The molecule has 0 fully saturated rings. The van der Waals surface area contributed by atoms with E-state index in [0.29, 0.717) is 6.29 Å². The predicted molar refractivity (Wildman–Crippen MR) is 36.5 cm³/mol. The molecule has 0 aliphatic heterocycles. The van der Waals surface area contributed by atoms with E-state index in [1.807, 2.05) is 13.8 Å². The fourth-order valence-corrected chi connectivity index (χ4v) is 0.513. The lowest BCUT2D eigenvalue weighted by Gasteiger charge is -2.13. The van der Waals surface area contributed by atoms with Crippen LogP contribution in [0.3, 0.4) is 0 Å². The van der Waals surface area contributed by atoms with E-state index in [1.165, 1.54) is 6.92 Å². The van der Waals surface area contributed by atoms with E-state index >= 15 is 0 Å². The highest BCUT2D eigenvalue weighted by atomic mass is 16.5. The number of carbonyl (C=O) groups excluding carboxylic acids is 2. The molecule has 0 radical (unpaired) electrons. The molecule has 0 saturated carbocycles. The summed E-state index contributed by atoms with van der Waals surface area (Å²) in [6.45, 7) is 4.93. The quantitative estimate of drug-likeness (QED) is 0.434. The predicted octanol–water partition coefficient (Wildman–Crippen LogP) is 0.773. The first-order valence-corrected chi connectivity index (χ1v) is 3.20. The standard InChI is InChI=1S/C7H12O3/c1-5(2)7(4-8)10-6(3)9/h4-5,7H,1-3H3. The van der Waals surface area contributed by atoms with Gasteiger partial charge in [-0.1, -0.05) is 13.8 Å². The van der Waals surface area contributed by atoms with Gasteiger partial charge in [-0.25, -0.2) is 0 Å². The second-order valence-electron chi connectivity index (χ2n) is 2.45. The van der Waals surface area contributed by atoms with Crippen LogP contribution < -0.4 is 0 Å². The van der Waals surface area contributed by atoms with Crippen LogP contribution in [0.15, 0.2) is 0 Å². The van der Waals surface area contributed by atoms with Crippen molar-refractivity contribution in [2.45, 2.75) is 26.9 Å². The second-order valence-corrected chi connectivity index (χ2v) is 2.45. The van der Waals surface area contributed by atoms with Crippen LogP contribution in [-0.4, -0.2) is 18.4 Å². The van der Waals surface area contributed by atoms with Crippen molar-refractivity contribution in [3.05, 3.63) is 0 Å². The molecule has 0 aliphatic carbocycles. The summed E-state index contributed by atoms with van der Waals surface area (Å²) in [5.41, 5.74) is 0. The van der Waals surface area contributed by atoms with Gasteiger partial charge in [0.25, 0.3) is 0 Å². The number of hydrogen-bond donors (Lipinski definition) is 0. The van der Waals surface area contributed by atoms with Crippen molar-refractivity contribution in [1.29, 1.82) is 0 Å². The van der Waals surface area contributed by atoms with Gasteiger partial charge in [0.15, 0.2) is 12.4 Å². The Bertz CT molecular complexity index is 129. The van der Waals surface area contributed by atoms with Gasteiger partial charge in [0.2, 0.25) is 0 Å². The highest BCUT2D eigenvalue weighted by molar-refractivity contribution is 5.70. The minimum Gasteiger partial charge on any atom is -0.455 e. The Morgan fingerprint density at radius 3 is 2.10 bits per heavy atom. The molecular formula is C7H12O3. The Balaban J connectivity index is 3.83. The molecule has 0 saturated heterocycles. The third-order valence-electron chi connectivity index (χ3n) is 1.09. The van der Waals surface area contributed by atoms with Crippen molar-refractivity contribution >= 4 is 12.3 Å². The number of ether oxygens (including phenoxy) is 1. The van der Waals surface area contributed by atoms with Crippen molar-refractivity contribution < 1.29 is 14.3 Å². The number of carbonyl (C=O) groups is 2. The molecule has 1 unspecified atom stereocenters. The van der Waals surface area contributed by atoms with Gasteiger partial charge in [-0.3, -0.25) is 9.59 Å². The normalized spacial score (nSPS) is 12.8. The Morgan fingerprint density at radius 2 is 2.00 bits per heavy atom. The molecule has 10 heavy (non-hydrogen) atoms. The highest BCUT2D eigenvalue weighted by Gasteiger charge is 2.14. The summed E-state index contributed by atoms with van der Waals surface area (Å²) in [5, 5.41) is 0. The van der Waals surface area contributed by atoms with E-state index in [1.54, 1.807) is 0 Å². The van der Waals surface area contributed by atoms with E-state index < -0.39 is 12.1 Å². The lowest BCUT2D eigenvalue weighted by atomic mass is 10.1. The van der Waals surface area contributed by atoms with Crippen molar-refractivity contribution in [2.75, 3.05) is 0 Å². The molecule has 0 amide bonds. The fourth-order valence-electron chi connectivity index (χ4n) is 0.513. The molecule has 0 aromatic carbocycles. The maximum atomic E-state index is 10.3. The largest absolute Gasteiger partial charge is 0.455 e. The molecule has 0 bridgehead atoms. The molecule has 1 atom stereocenters. The van der Waals surface area contributed by atoms with E-state index in [2.05, 4.69) is 4.74 Å². The minimum atomic E-state index is -0.586. The minimum absolute atomic E-state index is 0.0569. The first kappa shape index (κ1) is 9.14. The van der Waals surface area contributed by atoms with Crippen molar-refractivity contribution in [2.24, 2.45) is 5.92 Å². The average Bonchev–Trinajstić information content (AvgIpc) is 1.81. The summed E-state index contributed by atoms with van der Waals surface area (Å²) in [6.07, 6.45) is 0.0593. The summed E-state index contributed by atoms with van der Waals surface area (Å²) < 4.78 is 4.65. The Kier molecular flexibility index (Phi) is 3.69. The zero-order chi connectivity index (χ0) is 8.15. The molecule has 58 valence electrons. The molecule has 0 N–H and O–H groups in total. The van der Waals surface area contributed by atoms with Gasteiger partial charge in [-0.2, -0.15) is 0 Å².